The van der Waals surface area contributed by atoms with Gasteiger partial charge in [-0.15, -0.1) is 0 Å². The van der Waals surface area contributed by atoms with E-state index in [0.717, 1.165) is 31.6 Å². The van der Waals surface area contributed by atoms with Gasteiger partial charge in [0, 0.05) is 13.1 Å². The number of hydrogen-bond donors (Lipinski definition) is 2. The Balaban J connectivity index is 2.26. The molecule has 120 valence electrons. The SMILES string of the molecule is CC(C)(C)OC(=O)Nc1cc(C(=O)O)ccc1N1CCCC1. The van der Waals surface area contributed by atoms with Crippen molar-refractivity contribution in [2.45, 2.75) is 39.2 Å². The molecule has 0 spiro atoms. The third-order valence-corrected chi connectivity index (χ3v) is 3.33. The number of benzene rings is 1. The quantitative estimate of drug-likeness (QED) is 0.895. The molecule has 6 nitrogen and oxygen atoms in total. The Morgan fingerprint density at radius 3 is 2.41 bits per heavy atom. The molecule has 1 aromatic carbocycles. The van der Waals surface area contributed by atoms with E-state index in [2.05, 4.69) is 10.2 Å². The van der Waals surface area contributed by atoms with Crippen LogP contribution in [0.15, 0.2) is 18.2 Å². The molecule has 1 aliphatic heterocycles. The van der Waals surface area contributed by atoms with E-state index in [9.17, 15) is 9.59 Å². The molecule has 0 saturated carbocycles. The smallest absolute Gasteiger partial charge is 0.412 e. The van der Waals surface area contributed by atoms with Crippen LogP contribution in [0.4, 0.5) is 16.2 Å². The molecule has 0 unspecified atom stereocenters. The highest BCUT2D eigenvalue weighted by Gasteiger charge is 2.21. The first-order valence-corrected chi connectivity index (χ1v) is 7.38. The van der Waals surface area contributed by atoms with Gasteiger partial charge in [-0.3, -0.25) is 5.32 Å². The van der Waals surface area contributed by atoms with Crippen LogP contribution in [0, 0.1) is 0 Å². The van der Waals surface area contributed by atoms with Crippen LogP contribution < -0.4 is 10.2 Å². The number of nitrogens with zero attached hydrogens (tertiary/aromatic N) is 1. The van der Waals surface area contributed by atoms with Gasteiger partial charge in [-0.25, -0.2) is 9.59 Å². The van der Waals surface area contributed by atoms with Gasteiger partial charge in [0.15, 0.2) is 0 Å². The van der Waals surface area contributed by atoms with Crippen molar-refractivity contribution in [1.29, 1.82) is 0 Å². The minimum Gasteiger partial charge on any atom is -0.478 e. The molecular formula is C16H22N2O4. The van der Waals surface area contributed by atoms with E-state index < -0.39 is 17.7 Å². The summed E-state index contributed by atoms with van der Waals surface area (Å²) in [4.78, 5) is 25.3. The molecule has 22 heavy (non-hydrogen) atoms. The zero-order valence-electron chi connectivity index (χ0n) is 13.2. The lowest BCUT2D eigenvalue weighted by molar-refractivity contribution is 0.0633. The predicted molar refractivity (Wildman–Crippen MR) is 84.7 cm³/mol. The lowest BCUT2D eigenvalue weighted by atomic mass is 10.1. The molecule has 0 aromatic heterocycles. The molecular weight excluding hydrogens is 284 g/mol. The van der Waals surface area contributed by atoms with E-state index in [1.165, 1.54) is 6.07 Å². The molecule has 1 amide bonds. The molecule has 1 heterocycles. The zero-order chi connectivity index (χ0) is 16.3. The number of carboxylic acids is 1. The summed E-state index contributed by atoms with van der Waals surface area (Å²) in [6.45, 7) is 7.13. The molecule has 0 bridgehead atoms. The van der Waals surface area contributed by atoms with Crippen molar-refractivity contribution in [3.05, 3.63) is 23.8 Å². The summed E-state index contributed by atoms with van der Waals surface area (Å²) < 4.78 is 5.24. The van der Waals surface area contributed by atoms with E-state index in [1.807, 2.05) is 0 Å². The summed E-state index contributed by atoms with van der Waals surface area (Å²) in [5.74, 6) is -1.03. The van der Waals surface area contributed by atoms with Gasteiger partial charge in [0.2, 0.25) is 0 Å². The van der Waals surface area contributed by atoms with E-state index in [-0.39, 0.29) is 5.56 Å². The lowest BCUT2D eigenvalue weighted by Gasteiger charge is -2.24. The Labute approximate surface area is 130 Å². The Morgan fingerprint density at radius 1 is 1.23 bits per heavy atom. The molecule has 0 atom stereocenters. The lowest BCUT2D eigenvalue weighted by Crippen LogP contribution is -2.28. The number of aromatic carboxylic acids is 1. The Bertz CT molecular complexity index is 572. The molecule has 2 N–H and O–H groups in total. The summed E-state index contributed by atoms with van der Waals surface area (Å²) in [6, 6.07) is 4.76. The molecule has 6 heteroatoms. The van der Waals surface area contributed by atoms with Crippen LogP contribution in [0.3, 0.4) is 0 Å². The Hall–Kier alpha value is -2.24. The number of carbonyl (C=O) groups is 2. The minimum absolute atomic E-state index is 0.133. The molecule has 1 saturated heterocycles. The highest BCUT2D eigenvalue weighted by molar-refractivity contribution is 5.95. The van der Waals surface area contributed by atoms with Gasteiger partial charge in [-0.1, -0.05) is 0 Å². The monoisotopic (exact) mass is 306 g/mol. The number of rotatable bonds is 3. The fourth-order valence-electron chi connectivity index (χ4n) is 2.42. The van der Waals surface area contributed by atoms with Crippen LogP contribution in [-0.2, 0) is 4.74 Å². The van der Waals surface area contributed by atoms with Crippen LogP contribution in [0.25, 0.3) is 0 Å². The van der Waals surface area contributed by atoms with Gasteiger partial charge in [-0.2, -0.15) is 0 Å². The highest BCUT2D eigenvalue weighted by atomic mass is 16.6. The summed E-state index contributed by atoms with van der Waals surface area (Å²) in [5.41, 5.74) is 0.820. The van der Waals surface area contributed by atoms with Crippen molar-refractivity contribution >= 4 is 23.4 Å². The second kappa shape index (κ2) is 6.25. The van der Waals surface area contributed by atoms with Crippen LogP contribution in [0.1, 0.15) is 44.0 Å². The van der Waals surface area contributed by atoms with Gasteiger partial charge in [-0.05, 0) is 51.8 Å². The second-order valence-corrected chi connectivity index (χ2v) is 6.36. The molecule has 2 rings (SSSR count). The van der Waals surface area contributed by atoms with Crippen molar-refractivity contribution < 1.29 is 19.4 Å². The third-order valence-electron chi connectivity index (χ3n) is 3.33. The largest absolute Gasteiger partial charge is 0.478 e. The van der Waals surface area contributed by atoms with Crippen molar-refractivity contribution in [1.82, 2.24) is 0 Å². The van der Waals surface area contributed by atoms with Gasteiger partial charge in [0.25, 0.3) is 0 Å². The fourth-order valence-corrected chi connectivity index (χ4v) is 2.42. The van der Waals surface area contributed by atoms with Crippen molar-refractivity contribution in [2.24, 2.45) is 0 Å². The number of amides is 1. The van der Waals surface area contributed by atoms with Crippen LogP contribution >= 0.6 is 0 Å². The first-order valence-electron chi connectivity index (χ1n) is 7.38. The first-order chi connectivity index (χ1) is 10.3. The highest BCUT2D eigenvalue weighted by Crippen LogP contribution is 2.30. The molecule has 1 fully saturated rings. The van der Waals surface area contributed by atoms with E-state index in [1.54, 1.807) is 32.9 Å². The molecule has 1 aliphatic rings. The Morgan fingerprint density at radius 2 is 1.86 bits per heavy atom. The summed E-state index contributed by atoms with van der Waals surface area (Å²) in [5, 5.41) is 11.8. The molecule has 0 radical (unpaired) electrons. The Kier molecular flexibility index (Phi) is 4.59. The minimum atomic E-state index is -1.03. The number of carboxylic acid groups (broad SMARTS) is 1. The normalized spacial score (nSPS) is 14.8. The number of anilines is 2. The third kappa shape index (κ3) is 4.13. The zero-order valence-corrected chi connectivity index (χ0v) is 13.2. The van der Waals surface area contributed by atoms with Gasteiger partial charge in [0.1, 0.15) is 5.60 Å². The van der Waals surface area contributed by atoms with E-state index in [4.69, 9.17) is 9.84 Å². The predicted octanol–water partition coefficient (Wildman–Crippen LogP) is 3.33. The van der Waals surface area contributed by atoms with Gasteiger partial charge in [0.05, 0.1) is 16.9 Å². The maximum atomic E-state index is 12.0. The standard InChI is InChI=1S/C16H22N2O4/c1-16(2,3)22-15(21)17-12-10-11(14(19)20)6-7-13(12)18-8-4-5-9-18/h6-7,10H,4-5,8-9H2,1-3H3,(H,17,21)(H,19,20). The van der Waals surface area contributed by atoms with Gasteiger partial charge < -0.3 is 14.7 Å². The number of nitrogens with one attached hydrogen (secondary N) is 1. The second-order valence-electron chi connectivity index (χ2n) is 6.36. The maximum Gasteiger partial charge on any atom is 0.412 e. The topological polar surface area (TPSA) is 78.9 Å². The summed E-state index contributed by atoms with van der Waals surface area (Å²) >= 11 is 0. The summed E-state index contributed by atoms with van der Waals surface area (Å²) in [7, 11) is 0. The van der Waals surface area contributed by atoms with Crippen molar-refractivity contribution in [3.8, 4) is 0 Å². The maximum absolute atomic E-state index is 12.0. The summed E-state index contributed by atoms with van der Waals surface area (Å²) in [6.07, 6.45) is 1.59. The average Bonchev–Trinajstić information content (AvgIpc) is 2.89. The fraction of sp³-hybridized carbons (Fsp3) is 0.500. The van der Waals surface area contributed by atoms with Crippen LogP contribution in [0.2, 0.25) is 0 Å². The number of carbonyl (C=O) groups excluding carboxylic acids is 1. The van der Waals surface area contributed by atoms with E-state index >= 15 is 0 Å². The number of hydrogen-bond acceptors (Lipinski definition) is 4. The van der Waals surface area contributed by atoms with Crippen LogP contribution in [0.5, 0.6) is 0 Å². The number of ether oxygens (including phenoxy) is 1. The van der Waals surface area contributed by atoms with Crippen LogP contribution in [-0.4, -0.2) is 35.9 Å². The van der Waals surface area contributed by atoms with Gasteiger partial charge >= 0.3 is 12.1 Å². The average molecular weight is 306 g/mol. The van der Waals surface area contributed by atoms with E-state index in [0.29, 0.717) is 5.69 Å². The first kappa shape index (κ1) is 16.1. The molecule has 1 aromatic rings. The molecule has 0 aliphatic carbocycles. The van der Waals surface area contributed by atoms with Crippen molar-refractivity contribution in [2.75, 3.05) is 23.3 Å². The van der Waals surface area contributed by atoms with Crippen molar-refractivity contribution in [3.63, 3.8) is 0 Å².